The van der Waals surface area contributed by atoms with Crippen LogP contribution in [0.15, 0.2) is 18.5 Å². The molecule has 128 valence electrons. The van der Waals surface area contributed by atoms with Crippen molar-refractivity contribution in [2.75, 3.05) is 19.7 Å². The van der Waals surface area contributed by atoms with Gasteiger partial charge in [-0.05, 0) is 49.9 Å². The van der Waals surface area contributed by atoms with Crippen LogP contribution >= 0.6 is 24.0 Å². The van der Waals surface area contributed by atoms with Crippen molar-refractivity contribution in [3.8, 4) is 0 Å². The number of hydrogen-bond donors (Lipinski definition) is 1. The van der Waals surface area contributed by atoms with Crippen molar-refractivity contribution in [2.24, 2.45) is 17.6 Å². The molecule has 2 N–H and O–H groups in total. The molecule has 0 saturated carbocycles. The first-order valence-electron chi connectivity index (χ1n) is 7.86. The first-order chi connectivity index (χ1) is 10.6. The molecule has 23 heavy (non-hydrogen) atoms. The fraction of sp³-hybridized carbons (Fsp3) is 0.625. The lowest BCUT2D eigenvalue weighted by Crippen LogP contribution is -2.41. The van der Waals surface area contributed by atoms with Gasteiger partial charge >= 0.3 is 0 Å². The van der Waals surface area contributed by atoms with Gasteiger partial charge in [-0.2, -0.15) is 0 Å². The Hall–Kier alpha value is -0.800. The lowest BCUT2D eigenvalue weighted by Gasteiger charge is -2.35. The fourth-order valence-electron chi connectivity index (χ4n) is 3.62. The van der Waals surface area contributed by atoms with E-state index in [1.165, 1.54) is 12.3 Å². The van der Waals surface area contributed by atoms with Gasteiger partial charge in [0.2, 0.25) is 5.91 Å². The van der Waals surface area contributed by atoms with Crippen molar-refractivity contribution in [3.05, 3.63) is 29.8 Å². The normalized spacial score (nSPS) is 26.0. The highest BCUT2D eigenvalue weighted by molar-refractivity contribution is 14.0. The number of nitrogens with two attached hydrogens (primary N) is 1. The number of halogens is 2. The van der Waals surface area contributed by atoms with Crippen LogP contribution in [0.3, 0.4) is 0 Å². The number of ether oxygens (including phenoxy) is 1. The molecule has 2 atom stereocenters. The molecular weight excluding hydrogens is 412 g/mol. The number of likely N-dealkylation sites (tertiary alicyclic amines) is 1. The number of piperidine rings is 1. The van der Waals surface area contributed by atoms with Crippen LogP contribution in [0.25, 0.3) is 0 Å². The zero-order valence-corrected chi connectivity index (χ0v) is 15.3. The maximum atomic E-state index is 13.2. The van der Waals surface area contributed by atoms with Crippen molar-refractivity contribution in [1.29, 1.82) is 0 Å². The Labute approximate surface area is 152 Å². The summed E-state index contributed by atoms with van der Waals surface area (Å²) in [6.07, 6.45) is 5.62. The molecule has 3 rings (SSSR count). The van der Waals surface area contributed by atoms with E-state index in [-0.39, 0.29) is 47.7 Å². The molecule has 0 bridgehead atoms. The highest BCUT2D eigenvalue weighted by atomic mass is 127. The third-order valence-corrected chi connectivity index (χ3v) is 4.77. The van der Waals surface area contributed by atoms with Gasteiger partial charge in [-0.15, -0.1) is 24.0 Å². The number of hydrogen-bond acceptors (Lipinski definition) is 4. The Kier molecular flexibility index (Phi) is 6.72. The topological polar surface area (TPSA) is 68.5 Å². The summed E-state index contributed by atoms with van der Waals surface area (Å²) in [7, 11) is 0. The second kappa shape index (κ2) is 8.34. The van der Waals surface area contributed by atoms with Gasteiger partial charge in [-0.3, -0.25) is 14.7 Å². The third kappa shape index (κ3) is 4.60. The van der Waals surface area contributed by atoms with E-state index >= 15 is 0 Å². The smallest absolute Gasteiger partial charge is 0.223 e. The minimum atomic E-state index is -0.295. The number of nitrogens with zero attached hydrogens (tertiary/aromatic N) is 2. The lowest BCUT2D eigenvalue weighted by atomic mass is 9.84. The van der Waals surface area contributed by atoms with Crippen LogP contribution in [-0.4, -0.2) is 41.6 Å². The molecule has 0 aliphatic carbocycles. The molecule has 1 aromatic heterocycles. The molecule has 3 heterocycles. The van der Waals surface area contributed by atoms with Crippen LogP contribution < -0.4 is 5.73 Å². The molecule has 0 aromatic carbocycles. The van der Waals surface area contributed by atoms with Crippen molar-refractivity contribution < 1.29 is 13.9 Å². The van der Waals surface area contributed by atoms with Crippen molar-refractivity contribution in [2.45, 2.75) is 31.9 Å². The zero-order chi connectivity index (χ0) is 15.5. The largest absolute Gasteiger partial charge is 0.377 e. The summed E-state index contributed by atoms with van der Waals surface area (Å²) in [6.45, 7) is 3.19. The molecule has 2 aliphatic rings. The highest BCUT2D eigenvalue weighted by Gasteiger charge is 2.39. The second-order valence-electron chi connectivity index (χ2n) is 6.26. The van der Waals surface area contributed by atoms with Gasteiger partial charge in [0.05, 0.1) is 18.2 Å². The van der Waals surface area contributed by atoms with E-state index in [1.54, 1.807) is 6.20 Å². The predicted octanol–water partition coefficient (Wildman–Crippen LogP) is 1.94. The SMILES string of the molecule is I.NC(=O)[C@H]1CCO[C@@H]1C1CCN(Cc2cncc(F)c2)CC1. The van der Waals surface area contributed by atoms with Crippen molar-refractivity contribution in [1.82, 2.24) is 9.88 Å². The number of amides is 1. The predicted molar refractivity (Wildman–Crippen MR) is 94.7 cm³/mol. The average molecular weight is 435 g/mol. The number of pyridine rings is 1. The van der Waals surface area contributed by atoms with Crippen LogP contribution in [0.2, 0.25) is 0 Å². The van der Waals surface area contributed by atoms with Gasteiger partial charge in [0.1, 0.15) is 5.82 Å². The minimum Gasteiger partial charge on any atom is -0.377 e. The lowest BCUT2D eigenvalue weighted by molar-refractivity contribution is -0.124. The van der Waals surface area contributed by atoms with E-state index in [4.69, 9.17) is 10.5 Å². The van der Waals surface area contributed by atoms with Crippen LogP contribution in [0, 0.1) is 17.7 Å². The summed E-state index contributed by atoms with van der Waals surface area (Å²) in [5.41, 5.74) is 6.36. The molecule has 2 fully saturated rings. The Morgan fingerprint density at radius 2 is 2.09 bits per heavy atom. The highest BCUT2D eigenvalue weighted by Crippen LogP contribution is 2.33. The first kappa shape index (κ1) is 18.5. The first-order valence-corrected chi connectivity index (χ1v) is 7.86. The molecule has 2 saturated heterocycles. The summed E-state index contributed by atoms with van der Waals surface area (Å²) >= 11 is 0. The van der Waals surface area contributed by atoms with Crippen LogP contribution in [0.5, 0.6) is 0 Å². The van der Waals surface area contributed by atoms with Crippen molar-refractivity contribution >= 4 is 29.9 Å². The Bertz CT molecular complexity index is 538. The molecular formula is C16H23FIN3O2. The van der Waals surface area contributed by atoms with Crippen LogP contribution in [0.4, 0.5) is 4.39 Å². The van der Waals surface area contributed by atoms with Gasteiger partial charge in [-0.1, -0.05) is 0 Å². The van der Waals surface area contributed by atoms with Crippen LogP contribution in [-0.2, 0) is 16.1 Å². The molecule has 5 nitrogen and oxygen atoms in total. The van der Waals surface area contributed by atoms with Gasteiger partial charge in [0.15, 0.2) is 0 Å². The van der Waals surface area contributed by atoms with Gasteiger partial charge in [0.25, 0.3) is 0 Å². The molecule has 0 radical (unpaired) electrons. The average Bonchev–Trinajstić information content (AvgIpc) is 2.98. The summed E-state index contributed by atoms with van der Waals surface area (Å²) in [6, 6.07) is 1.53. The quantitative estimate of drug-likeness (QED) is 0.735. The maximum absolute atomic E-state index is 13.2. The molecule has 1 aromatic rings. The zero-order valence-electron chi connectivity index (χ0n) is 13.0. The van der Waals surface area contributed by atoms with E-state index in [1.807, 2.05) is 0 Å². The van der Waals surface area contributed by atoms with Gasteiger partial charge in [-0.25, -0.2) is 4.39 Å². The van der Waals surface area contributed by atoms with Crippen LogP contribution in [0.1, 0.15) is 24.8 Å². The summed E-state index contributed by atoms with van der Waals surface area (Å²) in [5, 5.41) is 0. The monoisotopic (exact) mass is 435 g/mol. The maximum Gasteiger partial charge on any atom is 0.223 e. The molecule has 0 spiro atoms. The molecule has 2 aliphatic heterocycles. The van der Waals surface area contributed by atoms with Gasteiger partial charge in [0, 0.05) is 19.3 Å². The number of carbonyl (C=O) groups excluding carboxylic acids is 1. The number of primary amides is 1. The molecule has 1 amide bonds. The minimum absolute atomic E-state index is 0. The number of rotatable bonds is 4. The Morgan fingerprint density at radius 1 is 1.35 bits per heavy atom. The van der Waals surface area contributed by atoms with Gasteiger partial charge < -0.3 is 10.5 Å². The summed E-state index contributed by atoms with van der Waals surface area (Å²) in [4.78, 5) is 17.7. The summed E-state index contributed by atoms with van der Waals surface area (Å²) in [5.74, 6) is -0.280. The number of carbonyl (C=O) groups is 1. The summed E-state index contributed by atoms with van der Waals surface area (Å²) < 4.78 is 18.9. The van der Waals surface area contributed by atoms with E-state index in [0.29, 0.717) is 19.1 Å². The standard InChI is InChI=1S/C16H22FN3O2.HI/c17-13-7-11(8-19-9-13)10-20-4-1-12(2-5-20)15-14(16(18)21)3-6-22-15;/h7-9,12,14-15H,1-6,10H2,(H2,18,21);1H/t14-,15+;/m0./s1. The van der Waals surface area contributed by atoms with E-state index < -0.39 is 0 Å². The second-order valence-corrected chi connectivity index (χ2v) is 6.26. The fourth-order valence-corrected chi connectivity index (χ4v) is 3.62. The Balaban J connectivity index is 0.00000192. The van der Waals surface area contributed by atoms with Crippen molar-refractivity contribution in [3.63, 3.8) is 0 Å². The van der Waals surface area contributed by atoms with E-state index in [2.05, 4.69) is 9.88 Å². The number of aromatic nitrogens is 1. The molecule has 7 heteroatoms. The van der Waals surface area contributed by atoms with E-state index in [0.717, 1.165) is 37.9 Å². The molecule has 0 unspecified atom stereocenters. The van der Waals surface area contributed by atoms with E-state index in [9.17, 15) is 9.18 Å². The Morgan fingerprint density at radius 3 is 2.74 bits per heavy atom. The third-order valence-electron chi connectivity index (χ3n) is 4.77.